The van der Waals surface area contributed by atoms with Gasteiger partial charge in [0, 0.05) is 19.6 Å². The maximum Gasteiger partial charge on any atom is 0.213 e. The molecule has 6 heteroatoms. The number of nitrogens with two attached hydrogens (primary N) is 1. The summed E-state index contributed by atoms with van der Waals surface area (Å²) >= 11 is 0. The van der Waals surface area contributed by atoms with Crippen molar-refractivity contribution < 1.29 is 13.5 Å². The van der Waals surface area contributed by atoms with Crippen molar-refractivity contribution in [3.05, 3.63) is 0 Å². The standard InChI is InChI=1S/C7H18N2O3S/c1-3-9(6-7(10)5-8)13(11,12)4-2/h7,10H,3-6,8H2,1-2H3. The molecule has 1 unspecified atom stereocenters. The summed E-state index contributed by atoms with van der Waals surface area (Å²) in [6, 6.07) is 0. The lowest BCUT2D eigenvalue weighted by molar-refractivity contribution is 0.155. The average molecular weight is 210 g/mol. The number of sulfonamides is 1. The molecule has 1 atom stereocenters. The van der Waals surface area contributed by atoms with Gasteiger partial charge in [-0.3, -0.25) is 0 Å². The summed E-state index contributed by atoms with van der Waals surface area (Å²) in [5.74, 6) is 0.0537. The molecule has 13 heavy (non-hydrogen) atoms. The van der Waals surface area contributed by atoms with Crippen molar-refractivity contribution in [3.8, 4) is 0 Å². The second-order valence-corrected chi connectivity index (χ2v) is 5.00. The molecule has 0 amide bonds. The van der Waals surface area contributed by atoms with Crippen LogP contribution < -0.4 is 5.73 Å². The molecule has 0 rings (SSSR count). The normalized spacial score (nSPS) is 14.8. The van der Waals surface area contributed by atoms with Gasteiger partial charge in [0.25, 0.3) is 0 Å². The number of aliphatic hydroxyl groups excluding tert-OH is 1. The molecule has 3 N–H and O–H groups in total. The molecule has 0 heterocycles. The van der Waals surface area contributed by atoms with Gasteiger partial charge in [-0.25, -0.2) is 8.42 Å². The molecule has 0 aliphatic carbocycles. The zero-order valence-electron chi connectivity index (χ0n) is 8.10. The van der Waals surface area contributed by atoms with Crippen LogP contribution in [0.25, 0.3) is 0 Å². The van der Waals surface area contributed by atoms with Gasteiger partial charge in [-0.05, 0) is 6.92 Å². The SMILES string of the molecule is CCN(CC(O)CN)S(=O)(=O)CC. The highest BCUT2D eigenvalue weighted by molar-refractivity contribution is 7.89. The molecule has 0 fully saturated rings. The van der Waals surface area contributed by atoms with E-state index in [0.717, 1.165) is 0 Å². The van der Waals surface area contributed by atoms with E-state index in [1.807, 2.05) is 0 Å². The van der Waals surface area contributed by atoms with Crippen LogP contribution in [0.5, 0.6) is 0 Å². The van der Waals surface area contributed by atoms with Crippen LogP contribution in [0, 0.1) is 0 Å². The van der Waals surface area contributed by atoms with Crippen molar-refractivity contribution in [2.24, 2.45) is 5.73 Å². The Morgan fingerprint density at radius 2 is 2.00 bits per heavy atom. The second kappa shape index (κ2) is 5.54. The minimum atomic E-state index is -3.20. The van der Waals surface area contributed by atoms with Crippen LogP contribution in [0.4, 0.5) is 0 Å². The summed E-state index contributed by atoms with van der Waals surface area (Å²) in [6.07, 6.45) is -0.777. The summed E-state index contributed by atoms with van der Waals surface area (Å²) in [5.41, 5.74) is 5.19. The van der Waals surface area contributed by atoms with Crippen LogP contribution in [0.15, 0.2) is 0 Å². The molecule has 5 nitrogen and oxygen atoms in total. The molecule has 0 radical (unpaired) electrons. The van der Waals surface area contributed by atoms with Crippen LogP contribution in [0.2, 0.25) is 0 Å². The van der Waals surface area contributed by atoms with E-state index in [9.17, 15) is 13.5 Å². The molecular weight excluding hydrogens is 192 g/mol. The number of rotatable bonds is 6. The third kappa shape index (κ3) is 4.04. The fraction of sp³-hybridized carbons (Fsp3) is 1.00. The van der Waals surface area contributed by atoms with Crippen molar-refractivity contribution >= 4 is 10.0 Å². The maximum atomic E-state index is 11.4. The Morgan fingerprint density at radius 3 is 2.31 bits per heavy atom. The topological polar surface area (TPSA) is 83.6 Å². The van der Waals surface area contributed by atoms with Gasteiger partial charge >= 0.3 is 0 Å². The quantitative estimate of drug-likeness (QED) is 0.587. The molecule has 0 aliphatic heterocycles. The van der Waals surface area contributed by atoms with Gasteiger partial charge in [-0.1, -0.05) is 6.92 Å². The Hall–Kier alpha value is -0.170. The summed E-state index contributed by atoms with van der Waals surface area (Å²) in [7, 11) is -3.20. The first-order valence-electron chi connectivity index (χ1n) is 4.33. The highest BCUT2D eigenvalue weighted by Crippen LogP contribution is 2.01. The lowest BCUT2D eigenvalue weighted by atomic mass is 10.3. The van der Waals surface area contributed by atoms with Crippen LogP contribution in [-0.4, -0.2) is 49.3 Å². The third-order valence-corrected chi connectivity index (χ3v) is 3.72. The van der Waals surface area contributed by atoms with Crippen molar-refractivity contribution in [2.45, 2.75) is 20.0 Å². The Morgan fingerprint density at radius 1 is 1.46 bits per heavy atom. The third-order valence-electron chi connectivity index (χ3n) is 1.80. The lowest BCUT2D eigenvalue weighted by Crippen LogP contribution is -2.40. The fourth-order valence-corrected chi connectivity index (χ4v) is 2.09. The fourth-order valence-electron chi connectivity index (χ4n) is 0.932. The van der Waals surface area contributed by atoms with Crippen LogP contribution >= 0.6 is 0 Å². The molecule has 0 aliphatic rings. The zero-order chi connectivity index (χ0) is 10.5. The molecule has 0 aromatic heterocycles. The Kier molecular flexibility index (Phi) is 5.46. The number of hydrogen-bond donors (Lipinski definition) is 2. The van der Waals surface area contributed by atoms with Crippen LogP contribution in [-0.2, 0) is 10.0 Å². The number of hydrogen-bond acceptors (Lipinski definition) is 4. The van der Waals surface area contributed by atoms with E-state index in [4.69, 9.17) is 5.73 Å². The number of aliphatic hydroxyl groups is 1. The predicted octanol–water partition coefficient (Wildman–Crippen LogP) is -1.02. The van der Waals surface area contributed by atoms with Crippen molar-refractivity contribution in [1.29, 1.82) is 0 Å². The second-order valence-electron chi connectivity index (χ2n) is 2.74. The average Bonchev–Trinajstić information content (AvgIpc) is 2.13. The molecule has 0 bridgehead atoms. The van der Waals surface area contributed by atoms with E-state index in [0.29, 0.717) is 6.54 Å². The monoisotopic (exact) mass is 210 g/mol. The summed E-state index contributed by atoms with van der Waals surface area (Å²) in [6.45, 7) is 3.84. The zero-order valence-corrected chi connectivity index (χ0v) is 8.92. The summed E-state index contributed by atoms with van der Waals surface area (Å²) in [4.78, 5) is 0. The molecule has 0 aromatic carbocycles. The van der Waals surface area contributed by atoms with Gasteiger partial charge in [-0.15, -0.1) is 0 Å². The first-order valence-corrected chi connectivity index (χ1v) is 5.94. The van der Waals surface area contributed by atoms with E-state index in [2.05, 4.69) is 0 Å². The maximum absolute atomic E-state index is 11.4. The molecule has 80 valence electrons. The van der Waals surface area contributed by atoms with E-state index < -0.39 is 16.1 Å². The van der Waals surface area contributed by atoms with Crippen molar-refractivity contribution in [3.63, 3.8) is 0 Å². The first kappa shape index (κ1) is 12.8. The number of likely N-dealkylation sites (N-methyl/N-ethyl adjacent to an activating group) is 1. The molecule has 0 spiro atoms. The highest BCUT2D eigenvalue weighted by atomic mass is 32.2. The van der Waals surface area contributed by atoms with Gasteiger partial charge in [0.05, 0.1) is 11.9 Å². The van der Waals surface area contributed by atoms with Gasteiger partial charge in [-0.2, -0.15) is 4.31 Å². The van der Waals surface area contributed by atoms with E-state index in [-0.39, 0.29) is 18.8 Å². The van der Waals surface area contributed by atoms with Gasteiger partial charge in [0.15, 0.2) is 0 Å². The van der Waals surface area contributed by atoms with E-state index in [1.54, 1.807) is 13.8 Å². The minimum Gasteiger partial charge on any atom is -0.390 e. The molecule has 0 aromatic rings. The Bertz CT molecular complexity index is 228. The summed E-state index contributed by atoms with van der Waals surface area (Å²) in [5, 5.41) is 9.19. The largest absolute Gasteiger partial charge is 0.390 e. The van der Waals surface area contributed by atoms with Crippen LogP contribution in [0.1, 0.15) is 13.8 Å². The van der Waals surface area contributed by atoms with Crippen molar-refractivity contribution in [1.82, 2.24) is 4.31 Å². The van der Waals surface area contributed by atoms with E-state index in [1.165, 1.54) is 4.31 Å². The molecular formula is C7H18N2O3S. The number of nitrogens with zero attached hydrogens (tertiary/aromatic N) is 1. The summed E-state index contributed by atoms with van der Waals surface area (Å²) < 4.78 is 24.0. The highest BCUT2D eigenvalue weighted by Gasteiger charge is 2.20. The molecule has 0 saturated heterocycles. The lowest BCUT2D eigenvalue weighted by Gasteiger charge is -2.21. The van der Waals surface area contributed by atoms with Gasteiger partial charge in [0.2, 0.25) is 10.0 Å². The van der Waals surface area contributed by atoms with Crippen molar-refractivity contribution in [2.75, 3.05) is 25.4 Å². The minimum absolute atomic E-state index is 0.0537. The van der Waals surface area contributed by atoms with E-state index >= 15 is 0 Å². The Balaban J connectivity index is 4.35. The first-order chi connectivity index (χ1) is 5.97. The predicted molar refractivity (Wildman–Crippen MR) is 51.8 cm³/mol. The van der Waals surface area contributed by atoms with Gasteiger partial charge < -0.3 is 10.8 Å². The van der Waals surface area contributed by atoms with Crippen LogP contribution in [0.3, 0.4) is 0 Å². The smallest absolute Gasteiger partial charge is 0.213 e. The molecule has 0 saturated carbocycles. The Labute approximate surface area is 79.6 Å². The van der Waals surface area contributed by atoms with Gasteiger partial charge in [0.1, 0.15) is 0 Å².